The second-order valence-electron chi connectivity index (χ2n) is 4.73. The van der Waals surface area contributed by atoms with E-state index in [0.717, 1.165) is 0 Å². The molecule has 0 bridgehead atoms. The molecule has 6 nitrogen and oxygen atoms in total. The first-order valence-corrected chi connectivity index (χ1v) is 6.45. The zero-order valence-electron chi connectivity index (χ0n) is 11.5. The summed E-state index contributed by atoms with van der Waals surface area (Å²) >= 11 is 0. The fraction of sp³-hybridized carbons (Fsp3) is 0.429. The van der Waals surface area contributed by atoms with Crippen LogP contribution < -0.4 is 5.32 Å². The van der Waals surface area contributed by atoms with Crippen molar-refractivity contribution in [1.82, 2.24) is 10.2 Å². The molecule has 1 unspecified atom stereocenters. The van der Waals surface area contributed by atoms with Crippen LogP contribution in [0, 0.1) is 6.92 Å². The smallest absolute Gasteiger partial charge is 0.254 e. The average Bonchev–Trinajstić information content (AvgIpc) is 2.48. The summed E-state index contributed by atoms with van der Waals surface area (Å²) < 4.78 is 5.33. The summed E-state index contributed by atoms with van der Waals surface area (Å²) in [5.41, 5.74) is 1.12. The van der Waals surface area contributed by atoms with E-state index >= 15 is 0 Å². The van der Waals surface area contributed by atoms with Crippen molar-refractivity contribution in [2.45, 2.75) is 13.0 Å². The van der Waals surface area contributed by atoms with E-state index in [4.69, 9.17) is 4.74 Å². The molecule has 2 amide bonds. The van der Waals surface area contributed by atoms with Gasteiger partial charge in [0.05, 0.1) is 13.2 Å². The number of rotatable bonds is 2. The van der Waals surface area contributed by atoms with Crippen molar-refractivity contribution in [3.8, 4) is 5.75 Å². The quantitative estimate of drug-likeness (QED) is 0.815. The van der Waals surface area contributed by atoms with E-state index in [1.807, 2.05) is 0 Å². The minimum absolute atomic E-state index is 0.0898. The maximum Gasteiger partial charge on any atom is 0.254 e. The van der Waals surface area contributed by atoms with E-state index in [1.54, 1.807) is 24.0 Å². The summed E-state index contributed by atoms with van der Waals surface area (Å²) in [6.07, 6.45) is -0.642. The van der Waals surface area contributed by atoms with Crippen molar-refractivity contribution in [3.05, 3.63) is 29.3 Å². The Morgan fingerprint density at radius 1 is 1.45 bits per heavy atom. The van der Waals surface area contributed by atoms with Gasteiger partial charge in [-0.2, -0.15) is 0 Å². The maximum absolute atomic E-state index is 12.3. The van der Waals surface area contributed by atoms with Gasteiger partial charge in [-0.25, -0.2) is 0 Å². The number of ether oxygens (including phenoxy) is 1. The molecule has 1 atom stereocenters. The van der Waals surface area contributed by atoms with Gasteiger partial charge in [-0.15, -0.1) is 0 Å². The Morgan fingerprint density at radius 3 is 2.85 bits per heavy atom. The van der Waals surface area contributed by atoms with Crippen molar-refractivity contribution in [1.29, 1.82) is 0 Å². The number of nitrogens with zero attached hydrogens (tertiary/aromatic N) is 1. The second kappa shape index (κ2) is 5.92. The van der Waals surface area contributed by atoms with E-state index in [0.29, 0.717) is 24.3 Å². The Balaban J connectivity index is 2.12. The van der Waals surface area contributed by atoms with Gasteiger partial charge in [0.2, 0.25) is 0 Å². The third-order valence-corrected chi connectivity index (χ3v) is 3.35. The van der Waals surface area contributed by atoms with Gasteiger partial charge in [-0.05, 0) is 24.6 Å². The van der Waals surface area contributed by atoms with Crippen LogP contribution in [0.5, 0.6) is 5.75 Å². The monoisotopic (exact) mass is 278 g/mol. The summed E-state index contributed by atoms with van der Waals surface area (Å²) in [6, 6.07) is 4.81. The second-order valence-corrected chi connectivity index (χ2v) is 4.73. The number of benzene rings is 1. The van der Waals surface area contributed by atoms with E-state index in [1.165, 1.54) is 13.1 Å². The lowest BCUT2D eigenvalue weighted by Crippen LogP contribution is -2.51. The van der Waals surface area contributed by atoms with Crippen LogP contribution in [0.4, 0.5) is 0 Å². The topological polar surface area (TPSA) is 78.9 Å². The molecule has 1 heterocycles. The van der Waals surface area contributed by atoms with Gasteiger partial charge in [-0.1, -0.05) is 6.07 Å². The summed E-state index contributed by atoms with van der Waals surface area (Å²) in [7, 11) is 1.53. The van der Waals surface area contributed by atoms with Crippen molar-refractivity contribution < 1.29 is 19.4 Å². The lowest BCUT2D eigenvalue weighted by molar-refractivity contribution is -0.136. The first-order valence-electron chi connectivity index (χ1n) is 6.45. The van der Waals surface area contributed by atoms with Crippen molar-refractivity contribution in [2.75, 3.05) is 26.7 Å². The predicted octanol–water partition coefficient (Wildman–Crippen LogP) is 0.288. The van der Waals surface area contributed by atoms with Gasteiger partial charge >= 0.3 is 0 Å². The standard InChI is InChI=1S/C14H18N2O4/c1-9-3-4-10(7-11(9)17)14(19)16-5-6-20-12(8-16)13(18)15-2/h3-4,7,12,17H,5-6,8H2,1-2H3,(H,15,18). The number of morpholine rings is 1. The number of hydrogen-bond acceptors (Lipinski definition) is 4. The van der Waals surface area contributed by atoms with Gasteiger partial charge in [0.1, 0.15) is 5.75 Å². The highest BCUT2D eigenvalue weighted by atomic mass is 16.5. The predicted molar refractivity (Wildman–Crippen MR) is 72.6 cm³/mol. The molecular formula is C14H18N2O4. The molecule has 2 rings (SSSR count). The van der Waals surface area contributed by atoms with Crippen LogP contribution >= 0.6 is 0 Å². The normalized spacial score (nSPS) is 18.7. The summed E-state index contributed by atoms with van der Waals surface area (Å²) in [5.74, 6) is -0.362. The molecular weight excluding hydrogens is 260 g/mol. The van der Waals surface area contributed by atoms with Crippen LogP contribution in [0.2, 0.25) is 0 Å². The van der Waals surface area contributed by atoms with E-state index in [9.17, 15) is 14.7 Å². The van der Waals surface area contributed by atoms with Crippen molar-refractivity contribution >= 4 is 11.8 Å². The Kier molecular flexibility index (Phi) is 4.24. The molecule has 108 valence electrons. The summed E-state index contributed by atoms with van der Waals surface area (Å²) in [6.45, 7) is 2.73. The zero-order chi connectivity index (χ0) is 14.7. The van der Waals surface area contributed by atoms with E-state index in [-0.39, 0.29) is 24.1 Å². The largest absolute Gasteiger partial charge is 0.508 e. The lowest BCUT2D eigenvalue weighted by atomic mass is 10.1. The highest BCUT2D eigenvalue weighted by molar-refractivity contribution is 5.95. The van der Waals surface area contributed by atoms with E-state index < -0.39 is 6.10 Å². The minimum atomic E-state index is -0.642. The van der Waals surface area contributed by atoms with Gasteiger partial charge in [0, 0.05) is 19.2 Å². The molecule has 20 heavy (non-hydrogen) atoms. The molecule has 1 saturated heterocycles. The van der Waals surface area contributed by atoms with Crippen LogP contribution in [-0.4, -0.2) is 54.7 Å². The number of likely N-dealkylation sites (N-methyl/N-ethyl adjacent to an activating group) is 1. The fourth-order valence-corrected chi connectivity index (χ4v) is 2.08. The zero-order valence-corrected chi connectivity index (χ0v) is 11.5. The van der Waals surface area contributed by atoms with Crippen LogP contribution in [0.1, 0.15) is 15.9 Å². The lowest BCUT2D eigenvalue weighted by Gasteiger charge is -2.32. The Labute approximate surface area is 117 Å². The summed E-state index contributed by atoms with van der Waals surface area (Å²) in [4.78, 5) is 25.5. The first kappa shape index (κ1) is 14.3. The first-order chi connectivity index (χ1) is 9.52. The number of carbonyl (C=O) groups excluding carboxylic acids is 2. The molecule has 1 fully saturated rings. The molecule has 6 heteroatoms. The third-order valence-electron chi connectivity index (χ3n) is 3.35. The Hall–Kier alpha value is -2.08. The van der Waals surface area contributed by atoms with E-state index in [2.05, 4.69) is 5.32 Å². The number of phenolic OH excluding ortho intramolecular Hbond substituents is 1. The molecule has 1 aliphatic heterocycles. The van der Waals surface area contributed by atoms with Gasteiger partial charge in [0.15, 0.2) is 6.10 Å². The number of aryl methyl sites for hydroxylation is 1. The van der Waals surface area contributed by atoms with Crippen molar-refractivity contribution in [2.24, 2.45) is 0 Å². The summed E-state index contributed by atoms with van der Waals surface area (Å²) in [5, 5.41) is 12.2. The van der Waals surface area contributed by atoms with Gasteiger partial charge in [-0.3, -0.25) is 9.59 Å². The third kappa shape index (κ3) is 2.91. The molecule has 0 saturated carbocycles. The van der Waals surface area contributed by atoms with Crippen molar-refractivity contribution in [3.63, 3.8) is 0 Å². The number of aromatic hydroxyl groups is 1. The molecule has 0 spiro atoms. The van der Waals surface area contributed by atoms with Gasteiger partial charge in [0.25, 0.3) is 11.8 Å². The van der Waals surface area contributed by atoms with Crippen LogP contribution in [0.15, 0.2) is 18.2 Å². The molecule has 1 aromatic rings. The Bertz CT molecular complexity index is 530. The molecule has 0 aromatic heterocycles. The van der Waals surface area contributed by atoms with Crippen LogP contribution in [-0.2, 0) is 9.53 Å². The number of nitrogens with one attached hydrogen (secondary N) is 1. The van der Waals surface area contributed by atoms with Gasteiger partial charge < -0.3 is 20.1 Å². The number of phenols is 1. The average molecular weight is 278 g/mol. The number of carbonyl (C=O) groups is 2. The molecule has 1 aromatic carbocycles. The molecule has 0 aliphatic carbocycles. The number of amides is 2. The van der Waals surface area contributed by atoms with Crippen LogP contribution in [0.3, 0.4) is 0 Å². The van der Waals surface area contributed by atoms with Crippen LogP contribution in [0.25, 0.3) is 0 Å². The minimum Gasteiger partial charge on any atom is -0.508 e. The maximum atomic E-state index is 12.3. The SMILES string of the molecule is CNC(=O)C1CN(C(=O)c2ccc(C)c(O)c2)CCO1. The highest BCUT2D eigenvalue weighted by Crippen LogP contribution is 2.19. The molecule has 1 aliphatic rings. The number of hydrogen-bond donors (Lipinski definition) is 2. The Morgan fingerprint density at radius 2 is 2.20 bits per heavy atom. The fourth-order valence-electron chi connectivity index (χ4n) is 2.08. The molecule has 2 N–H and O–H groups in total. The highest BCUT2D eigenvalue weighted by Gasteiger charge is 2.29. The molecule has 0 radical (unpaired) electrons.